The van der Waals surface area contributed by atoms with Crippen molar-refractivity contribution in [3.8, 4) is 11.3 Å². The summed E-state index contributed by atoms with van der Waals surface area (Å²) < 4.78 is 3.19. The fraction of sp³-hybridized carbons (Fsp3) is 0.357. The molecule has 1 atom stereocenters. The Morgan fingerprint density at radius 2 is 2.06 bits per heavy atom. The van der Waals surface area contributed by atoms with Crippen molar-refractivity contribution < 1.29 is 0 Å². The highest BCUT2D eigenvalue weighted by atomic mass is 79.9. The first kappa shape index (κ1) is 13.3. The molecule has 1 aromatic carbocycles. The average Bonchev–Trinajstić information content (AvgIpc) is 2.77. The first-order valence-corrected chi connectivity index (χ1v) is 6.89. The molecule has 2 N–H and O–H groups in total. The molecule has 3 nitrogen and oxygen atoms in total. The van der Waals surface area contributed by atoms with Gasteiger partial charge in [0.05, 0.1) is 18.2 Å². The highest BCUT2D eigenvalue weighted by molar-refractivity contribution is 9.10. The topological polar surface area (TPSA) is 43.8 Å². The molecule has 2 rings (SSSR count). The fourth-order valence-corrected chi connectivity index (χ4v) is 2.29. The van der Waals surface area contributed by atoms with Gasteiger partial charge >= 0.3 is 0 Å². The minimum Gasteiger partial charge on any atom is -0.329 e. The maximum Gasteiger partial charge on any atom is 0.0951 e. The first-order valence-electron chi connectivity index (χ1n) is 6.10. The third-order valence-electron chi connectivity index (χ3n) is 3.13. The Kier molecular flexibility index (Phi) is 4.19. The number of halogens is 1. The lowest BCUT2D eigenvalue weighted by Crippen LogP contribution is -2.31. The van der Waals surface area contributed by atoms with E-state index in [0.29, 0.717) is 5.92 Å². The van der Waals surface area contributed by atoms with Crippen LogP contribution in [0.1, 0.15) is 13.8 Å². The van der Waals surface area contributed by atoms with Crippen LogP contribution in [0.4, 0.5) is 0 Å². The third kappa shape index (κ3) is 2.82. The lowest BCUT2D eigenvalue weighted by atomic mass is 10.1. The Morgan fingerprint density at radius 1 is 1.33 bits per heavy atom. The Morgan fingerprint density at radius 3 is 2.72 bits per heavy atom. The number of aromatic nitrogens is 2. The van der Waals surface area contributed by atoms with Crippen LogP contribution in [-0.2, 0) is 6.54 Å². The van der Waals surface area contributed by atoms with Gasteiger partial charge in [0.25, 0.3) is 0 Å². The summed E-state index contributed by atoms with van der Waals surface area (Å²) in [5.41, 5.74) is 8.37. The number of imidazole rings is 1. The van der Waals surface area contributed by atoms with Crippen molar-refractivity contribution in [3.05, 3.63) is 41.3 Å². The molecule has 0 aliphatic carbocycles. The van der Waals surface area contributed by atoms with Crippen LogP contribution in [0.15, 0.2) is 41.3 Å². The maximum atomic E-state index is 6.13. The Labute approximate surface area is 116 Å². The second-order valence-electron chi connectivity index (χ2n) is 4.82. The van der Waals surface area contributed by atoms with Gasteiger partial charge in [-0.15, -0.1) is 0 Å². The smallest absolute Gasteiger partial charge is 0.0951 e. The lowest BCUT2D eigenvalue weighted by Gasteiger charge is -2.18. The molecule has 0 bridgehead atoms. The Balaban J connectivity index is 2.31. The van der Waals surface area contributed by atoms with Crippen LogP contribution >= 0.6 is 15.9 Å². The van der Waals surface area contributed by atoms with Gasteiger partial charge in [0, 0.05) is 22.6 Å². The molecule has 0 radical (unpaired) electrons. The molecule has 4 heteroatoms. The van der Waals surface area contributed by atoms with Gasteiger partial charge in [-0.3, -0.25) is 0 Å². The highest BCUT2D eigenvalue weighted by Crippen LogP contribution is 2.27. The van der Waals surface area contributed by atoms with Gasteiger partial charge in [-0.25, -0.2) is 4.98 Å². The van der Waals surface area contributed by atoms with Gasteiger partial charge in [-0.05, 0) is 12.0 Å². The molecule has 96 valence electrons. The van der Waals surface area contributed by atoms with Gasteiger partial charge in [0.1, 0.15) is 0 Å². The highest BCUT2D eigenvalue weighted by Gasteiger charge is 2.13. The molecule has 0 saturated heterocycles. The Hall–Kier alpha value is -1.13. The lowest BCUT2D eigenvalue weighted by molar-refractivity contribution is 0.435. The molecule has 18 heavy (non-hydrogen) atoms. The zero-order valence-corrected chi connectivity index (χ0v) is 12.3. The summed E-state index contributed by atoms with van der Waals surface area (Å²) in [5, 5.41) is 0. The summed E-state index contributed by atoms with van der Waals surface area (Å²) >= 11 is 3.57. The van der Waals surface area contributed by atoms with Crippen LogP contribution < -0.4 is 5.73 Å². The second-order valence-corrected chi connectivity index (χ2v) is 5.67. The minimum atomic E-state index is 0.139. The second kappa shape index (κ2) is 5.67. The van der Waals surface area contributed by atoms with Crippen molar-refractivity contribution in [1.29, 1.82) is 0 Å². The summed E-state index contributed by atoms with van der Waals surface area (Å²) in [4.78, 5) is 4.24. The van der Waals surface area contributed by atoms with Crippen LogP contribution in [0, 0.1) is 5.92 Å². The zero-order valence-electron chi connectivity index (χ0n) is 10.7. The van der Waals surface area contributed by atoms with E-state index >= 15 is 0 Å². The Bertz CT molecular complexity index is 519. The number of nitrogens with zero attached hydrogens (tertiary/aromatic N) is 2. The summed E-state index contributed by atoms with van der Waals surface area (Å²) in [5.74, 6) is 0.458. The van der Waals surface area contributed by atoms with Crippen LogP contribution in [-0.4, -0.2) is 15.6 Å². The quantitative estimate of drug-likeness (QED) is 0.942. The average molecular weight is 308 g/mol. The van der Waals surface area contributed by atoms with Crippen LogP contribution in [0.5, 0.6) is 0 Å². The van der Waals surface area contributed by atoms with E-state index in [1.54, 1.807) is 0 Å². The van der Waals surface area contributed by atoms with E-state index in [-0.39, 0.29) is 6.04 Å². The predicted molar refractivity (Wildman–Crippen MR) is 78.2 cm³/mol. The molecule has 1 unspecified atom stereocenters. The van der Waals surface area contributed by atoms with E-state index in [2.05, 4.69) is 45.4 Å². The molecule has 0 aliphatic heterocycles. The molecule has 0 spiro atoms. The first-order chi connectivity index (χ1) is 8.59. The van der Waals surface area contributed by atoms with Gasteiger partial charge in [-0.1, -0.05) is 48.0 Å². The molecular formula is C14H18BrN3. The van der Waals surface area contributed by atoms with E-state index in [9.17, 15) is 0 Å². The largest absolute Gasteiger partial charge is 0.329 e. The van der Waals surface area contributed by atoms with Gasteiger partial charge in [0.15, 0.2) is 0 Å². The van der Waals surface area contributed by atoms with Crippen molar-refractivity contribution >= 4 is 15.9 Å². The number of benzene rings is 1. The van der Waals surface area contributed by atoms with Crippen molar-refractivity contribution in [2.75, 3.05) is 0 Å². The normalized spacial score (nSPS) is 12.9. The van der Waals surface area contributed by atoms with Crippen molar-refractivity contribution in [2.24, 2.45) is 11.7 Å². The molecule has 0 amide bonds. The van der Waals surface area contributed by atoms with Gasteiger partial charge in [0.2, 0.25) is 0 Å². The number of nitrogens with two attached hydrogens (primary N) is 1. The van der Waals surface area contributed by atoms with Crippen LogP contribution in [0.25, 0.3) is 11.3 Å². The molecule has 1 aromatic heterocycles. The van der Waals surface area contributed by atoms with Crippen LogP contribution in [0.2, 0.25) is 0 Å². The zero-order chi connectivity index (χ0) is 13.1. The maximum absolute atomic E-state index is 6.13. The summed E-state index contributed by atoms with van der Waals surface area (Å²) in [7, 11) is 0. The summed E-state index contributed by atoms with van der Waals surface area (Å²) in [6, 6.07) is 8.29. The van der Waals surface area contributed by atoms with Gasteiger partial charge < -0.3 is 10.3 Å². The monoisotopic (exact) mass is 307 g/mol. The molecule has 2 aromatic rings. The summed E-state index contributed by atoms with van der Waals surface area (Å²) in [6.07, 6.45) is 3.73. The van der Waals surface area contributed by atoms with E-state index in [1.165, 1.54) is 0 Å². The van der Waals surface area contributed by atoms with Gasteiger partial charge in [-0.2, -0.15) is 0 Å². The third-order valence-corrected chi connectivity index (χ3v) is 3.82. The predicted octanol–water partition coefficient (Wildman–Crippen LogP) is 3.30. The van der Waals surface area contributed by atoms with E-state index in [1.807, 2.05) is 30.7 Å². The standard InChI is InChI=1S/C14H18BrN3/c1-10(2)13(16)8-18-9-17-7-14(18)11-5-3-4-6-12(11)15/h3-7,9-10,13H,8,16H2,1-2H3. The molecule has 1 heterocycles. The van der Waals surface area contributed by atoms with E-state index in [0.717, 1.165) is 22.3 Å². The molecule has 0 fully saturated rings. The van der Waals surface area contributed by atoms with Crippen LogP contribution in [0.3, 0.4) is 0 Å². The molecule has 0 saturated carbocycles. The number of hydrogen-bond acceptors (Lipinski definition) is 2. The number of rotatable bonds is 4. The SMILES string of the molecule is CC(C)C(N)Cn1cncc1-c1ccccc1Br. The minimum absolute atomic E-state index is 0.139. The number of hydrogen-bond donors (Lipinski definition) is 1. The van der Waals surface area contributed by atoms with E-state index < -0.39 is 0 Å². The summed E-state index contributed by atoms with van der Waals surface area (Å²) in [6.45, 7) is 5.06. The van der Waals surface area contributed by atoms with Crippen molar-refractivity contribution in [3.63, 3.8) is 0 Å². The van der Waals surface area contributed by atoms with E-state index in [4.69, 9.17) is 5.73 Å². The fourth-order valence-electron chi connectivity index (χ4n) is 1.80. The van der Waals surface area contributed by atoms with Crippen molar-refractivity contribution in [1.82, 2.24) is 9.55 Å². The van der Waals surface area contributed by atoms with Crippen molar-refractivity contribution in [2.45, 2.75) is 26.4 Å². The molecule has 0 aliphatic rings. The molecular weight excluding hydrogens is 290 g/mol.